The Kier molecular flexibility index (Phi) is 3.66. The summed E-state index contributed by atoms with van der Waals surface area (Å²) in [7, 11) is 4.11. The number of nitrogens with one attached hydrogen (secondary N) is 1. The molecule has 1 heterocycles. The van der Waals surface area contributed by atoms with Crippen molar-refractivity contribution in [1.82, 2.24) is 9.88 Å². The first kappa shape index (κ1) is 11.7. The van der Waals surface area contributed by atoms with Gasteiger partial charge in [-0.1, -0.05) is 22.0 Å². The van der Waals surface area contributed by atoms with Crippen LogP contribution < -0.4 is 5.32 Å². The summed E-state index contributed by atoms with van der Waals surface area (Å²) in [5, 5.41) is 4.55. The van der Waals surface area contributed by atoms with Crippen LogP contribution in [0.5, 0.6) is 0 Å². The Morgan fingerprint density at radius 1 is 1.38 bits per heavy atom. The molecule has 3 heteroatoms. The SMILES string of the molecule is CNCCCc1cn(C)c2cccc(Br)c12. The summed E-state index contributed by atoms with van der Waals surface area (Å²) in [5.74, 6) is 0. The topological polar surface area (TPSA) is 17.0 Å². The van der Waals surface area contributed by atoms with Gasteiger partial charge in [0.2, 0.25) is 0 Å². The van der Waals surface area contributed by atoms with Gasteiger partial charge in [-0.2, -0.15) is 0 Å². The van der Waals surface area contributed by atoms with Gasteiger partial charge < -0.3 is 9.88 Å². The maximum Gasteiger partial charge on any atom is 0.0491 e. The van der Waals surface area contributed by atoms with Crippen LogP contribution in [-0.4, -0.2) is 18.2 Å². The summed E-state index contributed by atoms with van der Waals surface area (Å²) in [5.41, 5.74) is 2.73. The molecule has 0 spiro atoms. The van der Waals surface area contributed by atoms with E-state index in [4.69, 9.17) is 0 Å². The fourth-order valence-corrected chi connectivity index (χ4v) is 2.75. The number of hydrogen-bond donors (Lipinski definition) is 1. The lowest BCUT2D eigenvalue weighted by Crippen LogP contribution is -2.08. The first-order valence-electron chi connectivity index (χ1n) is 5.61. The van der Waals surface area contributed by atoms with E-state index in [0.29, 0.717) is 0 Å². The van der Waals surface area contributed by atoms with E-state index < -0.39 is 0 Å². The molecule has 0 aliphatic carbocycles. The minimum Gasteiger partial charge on any atom is -0.350 e. The van der Waals surface area contributed by atoms with E-state index in [1.807, 2.05) is 7.05 Å². The van der Waals surface area contributed by atoms with E-state index in [-0.39, 0.29) is 0 Å². The highest BCUT2D eigenvalue weighted by atomic mass is 79.9. The third-order valence-corrected chi connectivity index (χ3v) is 3.58. The van der Waals surface area contributed by atoms with Crippen molar-refractivity contribution in [2.45, 2.75) is 12.8 Å². The van der Waals surface area contributed by atoms with Gasteiger partial charge in [-0.25, -0.2) is 0 Å². The molecule has 0 saturated heterocycles. The van der Waals surface area contributed by atoms with Crippen LogP contribution in [0.25, 0.3) is 10.9 Å². The number of aryl methyl sites for hydroxylation is 2. The first-order chi connectivity index (χ1) is 7.74. The molecule has 2 nitrogen and oxygen atoms in total. The van der Waals surface area contributed by atoms with Crippen molar-refractivity contribution in [3.8, 4) is 0 Å². The van der Waals surface area contributed by atoms with E-state index in [1.54, 1.807) is 0 Å². The third kappa shape index (κ3) is 2.15. The summed E-state index contributed by atoms with van der Waals surface area (Å²) < 4.78 is 3.40. The fraction of sp³-hybridized carbons (Fsp3) is 0.385. The van der Waals surface area contributed by atoms with Gasteiger partial charge in [0.1, 0.15) is 0 Å². The van der Waals surface area contributed by atoms with Crippen molar-refractivity contribution >= 4 is 26.8 Å². The molecule has 0 aliphatic heterocycles. The molecule has 2 rings (SSSR count). The minimum atomic E-state index is 1.07. The largest absolute Gasteiger partial charge is 0.350 e. The molecule has 0 saturated carbocycles. The summed E-state index contributed by atoms with van der Waals surface area (Å²) >= 11 is 3.64. The number of aromatic nitrogens is 1. The minimum absolute atomic E-state index is 1.07. The van der Waals surface area contributed by atoms with Gasteiger partial charge in [-0.15, -0.1) is 0 Å². The Hall–Kier alpha value is -0.800. The highest BCUT2D eigenvalue weighted by molar-refractivity contribution is 9.10. The van der Waals surface area contributed by atoms with Gasteiger partial charge in [0, 0.05) is 28.6 Å². The number of fused-ring (bicyclic) bond motifs is 1. The van der Waals surface area contributed by atoms with Crippen LogP contribution in [-0.2, 0) is 13.5 Å². The van der Waals surface area contributed by atoms with Crippen LogP contribution in [0, 0.1) is 0 Å². The molecule has 86 valence electrons. The van der Waals surface area contributed by atoms with Crippen molar-refractivity contribution in [2.75, 3.05) is 13.6 Å². The Morgan fingerprint density at radius 3 is 2.94 bits per heavy atom. The second-order valence-corrected chi connectivity index (χ2v) is 4.96. The smallest absolute Gasteiger partial charge is 0.0491 e. The third-order valence-electron chi connectivity index (χ3n) is 2.92. The molecule has 1 N–H and O–H groups in total. The molecule has 1 aromatic heterocycles. The highest BCUT2D eigenvalue weighted by Gasteiger charge is 2.08. The molecular weight excluding hydrogens is 264 g/mol. The molecule has 2 aromatic rings. The van der Waals surface area contributed by atoms with Crippen molar-refractivity contribution in [3.63, 3.8) is 0 Å². The first-order valence-corrected chi connectivity index (χ1v) is 6.40. The van der Waals surface area contributed by atoms with Crippen molar-refractivity contribution in [2.24, 2.45) is 7.05 Å². The van der Waals surface area contributed by atoms with Crippen LogP contribution in [0.2, 0.25) is 0 Å². The summed E-state index contributed by atoms with van der Waals surface area (Å²) in [6, 6.07) is 6.37. The zero-order valence-electron chi connectivity index (χ0n) is 9.76. The van der Waals surface area contributed by atoms with Gasteiger partial charge in [-0.05, 0) is 44.1 Å². The van der Waals surface area contributed by atoms with E-state index in [1.165, 1.54) is 27.4 Å². The maximum atomic E-state index is 3.64. The average molecular weight is 281 g/mol. The molecule has 0 atom stereocenters. The Morgan fingerprint density at radius 2 is 2.19 bits per heavy atom. The zero-order chi connectivity index (χ0) is 11.5. The number of halogens is 1. The zero-order valence-corrected chi connectivity index (χ0v) is 11.3. The van der Waals surface area contributed by atoms with Crippen LogP contribution in [0.3, 0.4) is 0 Å². The second-order valence-electron chi connectivity index (χ2n) is 4.11. The predicted octanol–water partition coefficient (Wildman–Crippen LogP) is 3.09. The normalized spacial score (nSPS) is 11.2. The van der Waals surface area contributed by atoms with Crippen molar-refractivity contribution < 1.29 is 0 Å². The molecule has 1 aromatic carbocycles. The van der Waals surface area contributed by atoms with Gasteiger partial charge in [0.25, 0.3) is 0 Å². The molecule has 0 aliphatic rings. The highest BCUT2D eigenvalue weighted by Crippen LogP contribution is 2.29. The van der Waals surface area contributed by atoms with Crippen molar-refractivity contribution in [1.29, 1.82) is 0 Å². The summed E-state index contributed by atoms with van der Waals surface area (Å²) in [6.45, 7) is 1.07. The molecule has 0 fully saturated rings. The van der Waals surface area contributed by atoms with Crippen LogP contribution >= 0.6 is 15.9 Å². The van der Waals surface area contributed by atoms with Crippen LogP contribution in [0.15, 0.2) is 28.9 Å². The molecule has 0 bridgehead atoms. The number of rotatable bonds is 4. The Balaban J connectivity index is 2.37. The molecular formula is C13H17BrN2. The lowest BCUT2D eigenvalue weighted by atomic mass is 10.1. The summed E-state index contributed by atoms with van der Waals surface area (Å²) in [6.07, 6.45) is 4.54. The lowest BCUT2D eigenvalue weighted by molar-refractivity contribution is 0.725. The van der Waals surface area contributed by atoms with Crippen LogP contribution in [0.4, 0.5) is 0 Å². The standard InChI is InChI=1S/C13H17BrN2/c1-15-8-4-5-10-9-16(2)12-7-3-6-11(14)13(10)12/h3,6-7,9,15H,4-5,8H2,1-2H3. The van der Waals surface area contributed by atoms with E-state index in [2.05, 4.69) is 57.3 Å². The quantitative estimate of drug-likeness (QED) is 0.852. The van der Waals surface area contributed by atoms with Gasteiger partial charge in [-0.3, -0.25) is 0 Å². The number of hydrogen-bond acceptors (Lipinski definition) is 1. The van der Waals surface area contributed by atoms with Gasteiger partial charge in [0.15, 0.2) is 0 Å². The summed E-state index contributed by atoms with van der Waals surface area (Å²) in [4.78, 5) is 0. The second kappa shape index (κ2) is 5.02. The number of benzene rings is 1. The molecule has 0 unspecified atom stereocenters. The lowest BCUT2D eigenvalue weighted by Gasteiger charge is -2.01. The molecule has 16 heavy (non-hydrogen) atoms. The molecule has 0 amide bonds. The predicted molar refractivity (Wildman–Crippen MR) is 72.9 cm³/mol. The average Bonchev–Trinajstić information content (AvgIpc) is 2.58. The van der Waals surface area contributed by atoms with Crippen LogP contribution in [0.1, 0.15) is 12.0 Å². The van der Waals surface area contributed by atoms with E-state index in [9.17, 15) is 0 Å². The Bertz CT molecular complexity index is 488. The van der Waals surface area contributed by atoms with Crippen molar-refractivity contribution in [3.05, 3.63) is 34.4 Å². The van der Waals surface area contributed by atoms with Gasteiger partial charge in [0.05, 0.1) is 0 Å². The Labute approximate surface area is 105 Å². The van der Waals surface area contributed by atoms with E-state index in [0.717, 1.165) is 13.0 Å². The molecule has 0 radical (unpaired) electrons. The monoisotopic (exact) mass is 280 g/mol. The van der Waals surface area contributed by atoms with Gasteiger partial charge >= 0.3 is 0 Å². The fourth-order valence-electron chi connectivity index (χ4n) is 2.14. The maximum absolute atomic E-state index is 3.64. The number of nitrogens with zero attached hydrogens (tertiary/aromatic N) is 1. The van der Waals surface area contributed by atoms with E-state index >= 15 is 0 Å².